The van der Waals surface area contributed by atoms with Crippen LogP contribution in [0.25, 0.3) is 22.3 Å². The molecular formula is C21H17FN6O2. The summed E-state index contributed by atoms with van der Waals surface area (Å²) >= 11 is 0. The number of H-pyrrole nitrogens is 1. The van der Waals surface area contributed by atoms with Crippen LogP contribution in [0, 0.1) is 5.82 Å². The molecule has 9 heteroatoms. The van der Waals surface area contributed by atoms with Crippen LogP contribution in [0.4, 0.5) is 10.2 Å². The molecule has 4 aromatic rings. The Morgan fingerprint density at radius 3 is 2.53 bits per heavy atom. The van der Waals surface area contributed by atoms with Gasteiger partial charge in [0.05, 0.1) is 10.9 Å². The summed E-state index contributed by atoms with van der Waals surface area (Å²) in [6.45, 7) is 0. The first-order valence-corrected chi connectivity index (χ1v) is 9.33. The fourth-order valence-electron chi connectivity index (χ4n) is 4.03. The zero-order valence-corrected chi connectivity index (χ0v) is 15.7. The molecule has 8 nitrogen and oxygen atoms in total. The maximum Gasteiger partial charge on any atom is 0.251 e. The number of rotatable bonds is 3. The number of phenols is 1. The second-order valence-electron chi connectivity index (χ2n) is 7.36. The fraction of sp³-hybridized carbons (Fsp3) is 0.143. The van der Waals surface area contributed by atoms with Crippen molar-refractivity contribution in [1.29, 1.82) is 0 Å². The molecule has 30 heavy (non-hydrogen) atoms. The minimum atomic E-state index is -1.08. The van der Waals surface area contributed by atoms with Crippen LogP contribution in [0.3, 0.4) is 0 Å². The number of anilines is 1. The maximum absolute atomic E-state index is 14.0. The van der Waals surface area contributed by atoms with E-state index in [9.17, 15) is 14.3 Å². The highest BCUT2D eigenvalue weighted by Crippen LogP contribution is 2.36. The van der Waals surface area contributed by atoms with Crippen molar-refractivity contribution in [2.24, 2.45) is 5.73 Å². The van der Waals surface area contributed by atoms with Crippen molar-refractivity contribution in [1.82, 2.24) is 20.2 Å². The van der Waals surface area contributed by atoms with Gasteiger partial charge in [0, 0.05) is 11.5 Å². The molecule has 150 valence electrons. The number of primary amides is 1. The van der Waals surface area contributed by atoms with Crippen molar-refractivity contribution in [2.75, 3.05) is 5.73 Å². The number of nitrogens with zero attached hydrogens (tertiary/aromatic N) is 3. The number of aromatic hydroxyl groups is 1. The van der Waals surface area contributed by atoms with Gasteiger partial charge >= 0.3 is 0 Å². The van der Waals surface area contributed by atoms with Crippen LogP contribution in [0.15, 0.2) is 36.4 Å². The van der Waals surface area contributed by atoms with Gasteiger partial charge in [0.25, 0.3) is 5.91 Å². The zero-order chi connectivity index (χ0) is 21.0. The van der Waals surface area contributed by atoms with Gasteiger partial charge in [0.2, 0.25) is 0 Å². The number of aromatic amines is 1. The topological polar surface area (TPSA) is 144 Å². The molecule has 5 rings (SSSR count). The van der Waals surface area contributed by atoms with Crippen molar-refractivity contribution in [2.45, 2.75) is 18.8 Å². The van der Waals surface area contributed by atoms with Gasteiger partial charge in [-0.2, -0.15) is 5.10 Å². The number of carbonyl (C=O) groups is 1. The van der Waals surface area contributed by atoms with Gasteiger partial charge in [0.15, 0.2) is 17.2 Å². The van der Waals surface area contributed by atoms with E-state index < -0.39 is 23.0 Å². The third-order valence-electron chi connectivity index (χ3n) is 5.47. The van der Waals surface area contributed by atoms with Gasteiger partial charge in [-0.25, -0.2) is 14.4 Å². The van der Waals surface area contributed by atoms with E-state index in [2.05, 4.69) is 32.3 Å². The molecule has 1 amide bonds. The van der Waals surface area contributed by atoms with Gasteiger partial charge in [-0.15, -0.1) is 0 Å². The molecule has 1 aliphatic carbocycles. The molecule has 0 saturated carbocycles. The quantitative estimate of drug-likeness (QED) is 0.413. The van der Waals surface area contributed by atoms with E-state index in [1.807, 2.05) is 12.1 Å². The van der Waals surface area contributed by atoms with Crippen molar-refractivity contribution < 1.29 is 14.3 Å². The van der Waals surface area contributed by atoms with Crippen LogP contribution >= 0.6 is 0 Å². The lowest BCUT2D eigenvalue weighted by Gasteiger charge is -2.09. The summed E-state index contributed by atoms with van der Waals surface area (Å²) in [6, 6.07) is 10.6. The predicted molar refractivity (Wildman–Crippen MR) is 108 cm³/mol. The van der Waals surface area contributed by atoms with Crippen LogP contribution in [0.5, 0.6) is 5.75 Å². The van der Waals surface area contributed by atoms with Crippen LogP contribution in [0.2, 0.25) is 0 Å². The van der Waals surface area contributed by atoms with Gasteiger partial charge in [-0.3, -0.25) is 9.89 Å². The number of nitrogens with one attached hydrogen (secondary N) is 1. The van der Waals surface area contributed by atoms with Crippen LogP contribution in [0.1, 0.15) is 33.2 Å². The Balaban J connectivity index is 1.58. The highest BCUT2D eigenvalue weighted by molar-refractivity contribution is 6.00. The molecule has 0 bridgehead atoms. The minimum absolute atomic E-state index is 0.108. The Morgan fingerprint density at radius 2 is 1.87 bits per heavy atom. The summed E-state index contributed by atoms with van der Waals surface area (Å²) in [4.78, 5) is 20.6. The second-order valence-corrected chi connectivity index (χ2v) is 7.36. The Morgan fingerprint density at radius 1 is 1.17 bits per heavy atom. The molecule has 0 atom stereocenters. The fourth-order valence-corrected chi connectivity index (χ4v) is 4.03. The molecule has 1 aliphatic rings. The monoisotopic (exact) mass is 404 g/mol. The van der Waals surface area contributed by atoms with E-state index >= 15 is 0 Å². The van der Waals surface area contributed by atoms with E-state index in [0.29, 0.717) is 22.6 Å². The maximum atomic E-state index is 14.0. The minimum Gasteiger partial charge on any atom is -0.505 e. The Hall–Kier alpha value is -4.01. The van der Waals surface area contributed by atoms with E-state index in [4.69, 9.17) is 11.5 Å². The molecule has 0 spiro atoms. The number of hydrogen-bond acceptors (Lipinski definition) is 6. The smallest absolute Gasteiger partial charge is 0.251 e. The number of fused-ring (bicyclic) bond motifs is 2. The van der Waals surface area contributed by atoms with Crippen molar-refractivity contribution in [3.63, 3.8) is 0 Å². The lowest BCUT2D eigenvalue weighted by Crippen LogP contribution is -2.13. The number of amides is 1. The van der Waals surface area contributed by atoms with Crippen molar-refractivity contribution >= 4 is 22.8 Å². The summed E-state index contributed by atoms with van der Waals surface area (Å²) in [5.74, 6) is -1.87. The summed E-state index contributed by atoms with van der Waals surface area (Å²) in [5, 5.41) is 17.3. The number of phenolic OH excluding ortho intramolecular Hbond substituents is 1. The first kappa shape index (κ1) is 18.0. The SMILES string of the molecule is NC(=O)c1cc(-c2n[nH]c3nc(C4Cc5ccccc5C4)nc(N)c23)cc(O)c1F. The van der Waals surface area contributed by atoms with Crippen molar-refractivity contribution in [3.05, 3.63) is 64.7 Å². The Kier molecular flexibility index (Phi) is 3.92. The molecule has 0 radical (unpaired) electrons. The van der Waals surface area contributed by atoms with Gasteiger partial charge in [-0.05, 0) is 36.1 Å². The van der Waals surface area contributed by atoms with Crippen LogP contribution in [-0.2, 0) is 12.8 Å². The van der Waals surface area contributed by atoms with Gasteiger partial charge in [0.1, 0.15) is 17.3 Å². The average molecular weight is 404 g/mol. The number of hydrogen-bond donors (Lipinski definition) is 4. The van der Waals surface area contributed by atoms with Crippen molar-refractivity contribution in [3.8, 4) is 17.0 Å². The lowest BCUT2D eigenvalue weighted by molar-refractivity contribution is 0.0995. The van der Waals surface area contributed by atoms with Crippen LogP contribution < -0.4 is 11.5 Å². The molecular weight excluding hydrogens is 387 g/mol. The molecule has 2 aromatic carbocycles. The summed E-state index contributed by atoms with van der Waals surface area (Å²) < 4.78 is 14.0. The average Bonchev–Trinajstić information content (AvgIpc) is 3.34. The molecule has 0 aliphatic heterocycles. The first-order chi connectivity index (χ1) is 14.4. The Bertz CT molecular complexity index is 1310. The third kappa shape index (κ3) is 2.74. The number of halogens is 1. The summed E-state index contributed by atoms with van der Waals surface area (Å²) in [5.41, 5.74) is 14.5. The highest BCUT2D eigenvalue weighted by atomic mass is 19.1. The summed E-state index contributed by atoms with van der Waals surface area (Å²) in [6.07, 6.45) is 1.66. The third-order valence-corrected chi connectivity index (χ3v) is 5.47. The summed E-state index contributed by atoms with van der Waals surface area (Å²) in [7, 11) is 0. The lowest BCUT2D eigenvalue weighted by atomic mass is 10.0. The van der Waals surface area contributed by atoms with E-state index in [1.54, 1.807) is 0 Å². The van der Waals surface area contributed by atoms with E-state index in [0.717, 1.165) is 18.9 Å². The normalized spacial score (nSPS) is 13.6. The molecule has 2 heterocycles. The number of benzene rings is 2. The number of carbonyl (C=O) groups excluding carboxylic acids is 1. The van der Waals surface area contributed by atoms with Gasteiger partial charge < -0.3 is 16.6 Å². The number of nitrogen functional groups attached to an aromatic ring is 1. The number of aromatic nitrogens is 4. The predicted octanol–water partition coefficient (Wildman–Crippen LogP) is 2.43. The molecule has 0 unspecified atom stereocenters. The molecule has 0 fully saturated rings. The molecule has 0 saturated heterocycles. The van der Waals surface area contributed by atoms with Crippen LogP contribution in [-0.4, -0.2) is 31.2 Å². The second kappa shape index (κ2) is 6.51. The first-order valence-electron chi connectivity index (χ1n) is 9.33. The Labute approximate surface area is 169 Å². The zero-order valence-electron chi connectivity index (χ0n) is 15.7. The standard InChI is InChI=1S/C21H17FN6O2/c22-16-13(19(24)30)7-11(8-14(16)29)17-15-18(23)25-20(26-21(15)28-27-17)12-5-9-3-1-2-4-10(9)6-12/h1-4,7-8,12,29H,5-6H2,(H2,24,30)(H3,23,25,26,27,28). The largest absolute Gasteiger partial charge is 0.505 e. The van der Waals surface area contributed by atoms with E-state index in [-0.39, 0.29) is 17.3 Å². The molecule has 6 N–H and O–H groups in total. The van der Waals surface area contributed by atoms with E-state index in [1.165, 1.54) is 17.2 Å². The van der Waals surface area contributed by atoms with Gasteiger partial charge in [-0.1, -0.05) is 24.3 Å². The number of nitrogens with two attached hydrogens (primary N) is 2. The highest BCUT2D eigenvalue weighted by Gasteiger charge is 2.27. The molecule has 2 aromatic heterocycles.